The molecular weight excluding hydrogens is 388 g/mol. The van der Waals surface area contributed by atoms with E-state index in [-0.39, 0.29) is 11.6 Å². The third-order valence-corrected chi connectivity index (χ3v) is 6.19. The first kappa shape index (κ1) is 19.3. The molecule has 29 heavy (non-hydrogen) atoms. The Hall–Kier alpha value is -3.00. The van der Waals surface area contributed by atoms with E-state index in [1.165, 1.54) is 6.07 Å². The van der Waals surface area contributed by atoms with Crippen molar-refractivity contribution >= 4 is 38.8 Å². The number of amides is 1. The number of fused-ring (bicyclic) bond motifs is 1. The monoisotopic (exact) mass is 410 g/mol. The molecule has 1 saturated heterocycles. The van der Waals surface area contributed by atoms with Gasteiger partial charge in [-0.25, -0.2) is 4.98 Å². The zero-order valence-corrected chi connectivity index (χ0v) is 16.8. The lowest BCUT2D eigenvalue weighted by Crippen LogP contribution is -2.30. The molecule has 8 heteroatoms. The Balaban J connectivity index is 1.42. The van der Waals surface area contributed by atoms with E-state index in [9.17, 15) is 14.9 Å². The third-order valence-electron chi connectivity index (χ3n) is 5.09. The predicted molar refractivity (Wildman–Crippen MR) is 115 cm³/mol. The van der Waals surface area contributed by atoms with E-state index in [2.05, 4.69) is 10.3 Å². The number of nitrogens with one attached hydrogen (secondary N) is 1. The first-order chi connectivity index (χ1) is 14.1. The number of nitrogens with zero attached hydrogens (tertiary/aromatic N) is 3. The predicted octanol–water partition coefficient (Wildman–Crippen LogP) is 4.17. The molecule has 1 fully saturated rings. The van der Waals surface area contributed by atoms with E-state index in [1.807, 2.05) is 29.2 Å². The molecule has 1 aromatic heterocycles. The number of hydrogen-bond acceptors (Lipinski definition) is 6. The van der Waals surface area contributed by atoms with Crippen molar-refractivity contribution < 1.29 is 9.72 Å². The molecule has 150 valence electrons. The van der Waals surface area contributed by atoms with Gasteiger partial charge in [0.25, 0.3) is 11.6 Å². The Bertz CT molecular complexity index is 1010. The number of carbonyl (C=O) groups is 1. The normalized spacial score (nSPS) is 14.1. The van der Waals surface area contributed by atoms with Gasteiger partial charge in [0.05, 0.1) is 20.1 Å². The van der Waals surface area contributed by atoms with Gasteiger partial charge in [0, 0.05) is 37.7 Å². The molecule has 7 nitrogen and oxygen atoms in total. The van der Waals surface area contributed by atoms with Gasteiger partial charge in [-0.1, -0.05) is 12.1 Å². The van der Waals surface area contributed by atoms with Crippen LogP contribution in [0.25, 0.3) is 10.2 Å². The van der Waals surface area contributed by atoms with Crippen LogP contribution >= 0.6 is 11.3 Å². The number of hydrogen-bond donors (Lipinski definition) is 1. The summed E-state index contributed by atoms with van der Waals surface area (Å²) in [5, 5.41) is 15.4. The molecule has 2 aromatic carbocycles. The van der Waals surface area contributed by atoms with E-state index in [0.717, 1.165) is 47.6 Å². The maximum atomic E-state index is 12.5. The van der Waals surface area contributed by atoms with Gasteiger partial charge in [-0.05, 0) is 43.5 Å². The second kappa shape index (κ2) is 8.57. The van der Waals surface area contributed by atoms with Gasteiger partial charge in [0.15, 0.2) is 0 Å². The minimum atomic E-state index is -0.401. The highest BCUT2D eigenvalue weighted by Crippen LogP contribution is 2.31. The topological polar surface area (TPSA) is 88.4 Å². The van der Waals surface area contributed by atoms with Crippen LogP contribution < -0.4 is 10.2 Å². The van der Waals surface area contributed by atoms with Crippen LogP contribution in [0.1, 0.15) is 34.6 Å². The molecular formula is C21H22N4O3S. The van der Waals surface area contributed by atoms with Crippen molar-refractivity contribution in [1.82, 2.24) is 10.3 Å². The molecule has 0 spiro atoms. The van der Waals surface area contributed by atoms with Crippen LogP contribution in [0, 0.1) is 10.1 Å². The number of thiazole rings is 1. The van der Waals surface area contributed by atoms with Gasteiger partial charge in [0.2, 0.25) is 0 Å². The van der Waals surface area contributed by atoms with E-state index < -0.39 is 4.92 Å². The SMILES string of the molecule is O=C(NCCc1nc2ccccc2s1)c1ccc(N2CCCCC2)c([N+](=O)[O-])c1. The first-order valence-electron chi connectivity index (χ1n) is 9.78. The lowest BCUT2D eigenvalue weighted by atomic mass is 10.1. The molecule has 0 bridgehead atoms. The molecule has 0 atom stereocenters. The summed E-state index contributed by atoms with van der Waals surface area (Å²) in [6.45, 7) is 2.06. The second-order valence-corrected chi connectivity index (χ2v) is 8.20. The van der Waals surface area contributed by atoms with E-state index in [0.29, 0.717) is 24.2 Å². The number of benzene rings is 2. The number of anilines is 1. The zero-order valence-electron chi connectivity index (χ0n) is 16.0. The molecule has 0 aliphatic carbocycles. The van der Waals surface area contributed by atoms with Crippen LogP contribution in [0.3, 0.4) is 0 Å². The maximum Gasteiger partial charge on any atom is 0.293 e. The molecule has 2 heterocycles. The minimum Gasteiger partial charge on any atom is -0.366 e. The lowest BCUT2D eigenvalue weighted by Gasteiger charge is -2.28. The average Bonchev–Trinajstić information content (AvgIpc) is 3.16. The van der Waals surface area contributed by atoms with Crippen LogP contribution in [0.2, 0.25) is 0 Å². The van der Waals surface area contributed by atoms with Gasteiger partial charge >= 0.3 is 0 Å². The summed E-state index contributed by atoms with van der Waals surface area (Å²) in [5.41, 5.74) is 1.86. The largest absolute Gasteiger partial charge is 0.366 e. The highest BCUT2D eigenvalue weighted by molar-refractivity contribution is 7.18. The molecule has 0 saturated carbocycles. The summed E-state index contributed by atoms with van der Waals surface area (Å²) in [6, 6.07) is 12.7. The zero-order chi connectivity index (χ0) is 20.2. The number of nitro groups is 1. The fourth-order valence-corrected chi connectivity index (χ4v) is 4.59. The van der Waals surface area contributed by atoms with Gasteiger partial charge in [-0.3, -0.25) is 14.9 Å². The molecule has 0 unspecified atom stereocenters. The molecule has 4 rings (SSSR count). The summed E-state index contributed by atoms with van der Waals surface area (Å²) >= 11 is 1.61. The quantitative estimate of drug-likeness (QED) is 0.487. The fraction of sp³-hybridized carbons (Fsp3) is 0.333. The van der Waals surface area contributed by atoms with E-state index in [4.69, 9.17) is 0 Å². The minimum absolute atomic E-state index is 0.00859. The summed E-state index contributed by atoms with van der Waals surface area (Å²) < 4.78 is 1.12. The number of aromatic nitrogens is 1. The van der Waals surface area contributed by atoms with E-state index in [1.54, 1.807) is 23.5 Å². The third kappa shape index (κ3) is 4.37. The maximum absolute atomic E-state index is 12.5. The smallest absolute Gasteiger partial charge is 0.293 e. The summed E-state index contributed by atoms with van der Waals surface area (Å²) in [4.78, 5) is 30.3. The summed E-state index contributed by atoms with van der Waals surface area (Å²) in [5.74, 6) is -0.306. The van der Waals surface area contributed by atoms with Crippen molar-refractivity contribution in [3.05, 3.63) is 63.1 Å². The Morgan fingerprint density at radius 3 is 2.72 bits per heavy atom. The highest BCUT2D eigenvalue weighted by atomic mass is 32.1. The second-order valence-electron chi connectivity index (χ2n) is 7.09. The Kier molecular flexibility index (Phi) is 5.71. The van der Waals surface area contributed by atoms with E-state index >= 15 is 0 Å². The molecule has 1 N–H and O–H groups in total. The standard InChI is InChI=1S/C21H22N4O3S/c26-21(22-11-10-20-23-16-6-2-3-7-19(16)29-20)15-8-9-17(18(14-15)25(27)28)24-12-4-1-5-13-24/h2-3,6-9,14H,1,4-5,10-13H2,(H,22,26). The van der Waals surface area contributed by atoms with Crippen LogP contribution in [-0.2, 0) is 6.42 Å². The van der Waals surface area contributed by atoms with Gasteiger partial charge in [0.1, 0.15) is 5.69 Å². The fourth-order valence-electron chi connectivity index (χ4n) is 3.63. The van der Waals surface area contributed by atoms with Crippen LogP contribution in [0.4, 0.5) is 11.4 Å². The number of piperidine rings is 1. The van der Waals surface area contributed by atoms with Gasteiger partial charge < -0.3 is 10.2 Å². The Morgan fingerprint density at radius 2 is 1.97 bits per heavy atom. The highest BCUT2D eigenvalue weighted by Gasteiger charge is 2.23. The van der Waals surface area contributed by atoms with Crippen molar-refractivity contribution in [3.63, 3.8) is 0 Å². The van der Waals surface area contributed by atoms with Gasteiger partial charge in [-0.2, -0.15) is 0 Å². The average molecular weight is 410 g/mol. The Morgan fingerprint density at radius 1 is 1.17 bits per heavy atom. The van der Waals surface area contributed by atoms with Crippen LogP contribution in [0.15, 0.2) is 42.5 Å². The number of para-hydroxylation sites is 1. The van der Waals surface area contributed by atoms with Gasteiger partial charge in [-0.15, -0.1) is 11.3 Å². The van der Waals surface area contributed by atoms with Crippen molar-refractivity contribution in [2.75, 3.05) is 24.5 Å². The molecule has 3 aromatic rings. The molecule has 1 amide bonds. The van der Waals surface area contributed by atoms with Crippen molar-refractivity contribution in [2.45, 2.75) is 25.7 Å². The number of rotatable bonds is 6. The Labute approximate surface area is 172 Å². The molecule has 1 aliphatic rings. The van der Waals surface area contributed by atoms with Crippen molar-refractivity contribution in [1.29, 1.82) is 0 Å². The molecule has 1 aliphatic heterocycles. The summed E-state index contributed by atoms with van der Waals surface area (Å²) in [7, 11) is 0. The van der Waals surface area contributed by atoms with Crippen LogP contribution in [-0.4, -0.2) is 35.4 Å². The number of nitro benzene ring substituents is 1. The summed E-state index contributed by atoms with van der Waals surface area (Å²) in [6.07, 6.45) is 3.84. The van der Waals surface area contributed by atoms with Crippen molar-refractivity contribution in [2.24, 2.45) is 0 Å². The number of carbonyl (C=O) groups excluding carboxylic acids is 1. The first-order valence-corrected chi connectivity index (χ1v) is 10.6. The van der Waals surface area contributed by atoms with Crippen molar-refractivity contribution in [3.8, 4) is 0 Å². The molecule has 0 radical (unpaired) electrons. The lowest BCUT2D eigenvalue weighted by molar-refractivity contribution is -0.384. The van der Waals surface area contributed by atoms with Crippen LogP contribution in [0.5, 0.6) is 0 Å².